The average Bonchev–Trinajstić information content (AvgIpc) is 3.00. The van der Waals surface area contributed by atoms with Crippen LogP contribution in [0, 0.1) is 0 Å². The van der Waals surface area contributed by atoms with Crippen molar-refractivity contribution in [1.82, 2.24) is 14.5 Å². The molecule has 1 aromatic heterocycles. The second-order valence-electron chi connectivity index (χ2n) is 6.87. The second kappa shape index (κ2) is 10.1. The third-order valence-corrected chi connectivity index (χ3v) is 4.80. The molecule has 0 amide bonds. The first-order valence-corrected chi connectivity index (χ1v) is 9.58. The van der Waals surface area contributed by atoms with Crippen molar-refractivity contribution in [2.24, 2.45) is 0 Å². The van der Waals surface area contributed by atoms with Crippen molar-refractivity contribution in [2.45, 2.75) is 19.1 Å². The quantitative estimate of drug-likeness (QED) is 0.633. The van der Waals surface area contributed by atoms with E-state index in [1.54, 1.807) is 0 Å². The van der Waals surface area contributed by atoms with Crippen LogP contribution in [0.25, 0.3) is 11.1 Å². The normalized spacial score (nSPS) is 15.7. The zero-order chi connectivity index (χ0) is 21.6. The summed E-state index contributed by atoms with van der Waals surface area (Å²) in [6, 6.07) is 3.01. The van der Waals surface area contributed by atoms with Crippen LogP contribution in [0.15, 0.2) is 35.5 Å². The van der Waals surface area contributed by atoms with E-state index in [2.05, 4.69) is 9.88 Å². The number of nitrogens with zero attached hydrogens (tertiary/aromatic N) is 3. The number of methoxy groups -OCH3 is 1. The Labute approximate surface area is 172 Å². The van der Waals surface area contributed by atoms with E-state index in [-0.39, 0.29) is 29.2 Å². The topological polar surface area (TPSA) is 65.8 Å². The van der Waals surface area contributed by atoms with Crippen molar-refractivity contribution in [2.75, 3.05) is 46.8 Å². The maximum atomic E-state index is 13.1. The van der Waals surface area contributed by atoms with Gasteiger partial charge < -0.3 is 14.2 Å². The van der Waals surface area contributed by atoms with Crippen LogP contribution in [0.3, 0.4) is 0 Å². The van der Waals surface area contributed by atoms with Gasteiger partial charge in [0.05, 0.1) is 24.1 Å². The summed E-state index contributed by atoms with van der Waals surface area (Å²) in [6.07, 6.45) is -0.838. The van der Waals surface area contributed by atoms with Crippen LogP contribution >= 0.6 is 0 Å². The van der Waals surface area contributed by atoms with Gasteiger partial charge in [0, 0.05) is 51.7 Å². The summed E-state index contributed by atoms with van der Waals surface area (Å²) >= 11 is 0. The molecular weight excluding hydrogens is 403 g/mol. The summed E-state index contributed by atoms with van der Waals surface area (Å²) in [5, 5.41) is 0. The van der Waals surface area contributed by atoms with Crippen LogP contribution in [0.2, 0.25) is 0 Å². The molecule has 164 valence electrons. The molecule has 0 spiro atoms. The molecule has 0 bridgehead atoms. The molecule has 2 heterocycles. The van der Waals surface area contributed by atoms with Crippen molar-refractivity contribution in [3.8, 4) is 16.9 Å². The fourth-order valence-electron chi connectivity index (χ4n) is 3.23. The van der Waals surface area contributed by atoms with E-state index in [1.807, 2.05) is 0 Å². The molecule has 0 aliphatic carbocycles. The lowest BCUT2D eigenvalue weighted by atomic mass is 10.0. The summed E-state index contributed by atoms with van der Waals surface area (Å²) in [7, 11) is 1.36. The van der Waals surface area contributed by atoms with Crippen LogP contribution in [-0.2, 0) is 22.2 Å². The SMILES string of the molecule is COCOc1cc(C(F)(F)F)ccc1-c1cncn(CCN2CCCOCC2)c1=O. The summed E-state index contributed by atoms with van der Waals surface area (Å²) in [4.78, 5) is 19.3. The number of aromatic nitrogens is 2. The van der Waals surface area contributed by atoms with Gasteiger partial charge in [0.25, 0.3) is 5.56 Å². The lowest BCUT2D eigenvalue weighted by Crippen LogP contribution is -2.33. The van der Waals surface area contributed by atoms with Crippen molar-refractivity contribution >= 4 is 0 Å². The van der Waals surface area contributed by atoms with Crippen LogP contribution in [0.5, 0.6) is 5.75 Å². The molecule has 0 atom stereocenters. The first kappa shape index (κ1) is 22.3. The molecule has 1 fully saturated rings. The minimum absolute atomic E-state index is 0.0898. The van der Waals surface area contributed by atoms with Gasteiger partial charge in [-0.05, 0) is 24.6 Å². The highest BCUT2D eigenvalue weighted by molar-refractivity contribution is 5.69. The Morgan fingerprint density at radius 1 is 1.17 bits per heavy atom. The van der Waals surface area contributed by atoms with Gasteiger partial charge in [-0.25, -0.2) is 4.98 Å². The van der Waals surface area contributed by atoms with Gasteiger partial charge in [-0.1, -0.05) is 0 Å². The Morgan fingerprint density at radius 2 is 2.00 bits per heavy atom. The molecule has 1 aliphatic heterocycles. The van der Waals surface area contributed by atoms with E-state index in [0.29, 0.717) is 19.7 Å². The molecule has 30 heavy (non-hydrogen) atoms. The van der Waals surface area contributed by atoms with E-state index in [4.69, 9.17) is 14.2 Å². The summed E-state index contributed by atoms with van der Waals surface area (Å²) in [5.41, 5.74) is -0.824. The molecule has 0 unspecified atom stereocenters. The van der Waals surface area contributed by atoms with Crippen molar-refractivity contribution in [3.63, 3.8) is 0 Å². The van der Waals surface area contributed by atoms with Crippen molar-refractivity contribution in [3.05, 3.63) is 46.6 Å². The number of rotatable bonds is 7. The minimum Gasteiger partial charge on any atom is -0.467 e. The van der Waals surface area contributed by atoms with Crippen LogP contribution in [0.1, 0.15) is 12.0 Å². The van der Waals surface area contributed by atoms with Gasteiger partial charge in [0.1, 0.15) is 5.75 Å². The number of ether oxygens (including phenoxy) is 3. The number of hydrogen-bond acceptors (Lipinski definition) is 6. The Morgan fingerprint density at radius 3 is 2.77 bits per heavy atom. The fourth-order valence-corrected chi connectivity index (χ4v) is 3.23. The van der Waals surface area contributed by atoms with Crippen LogP contribution < -0.4 is 10.3 Å². The lowest BCUT2D eigenvalue weighted by molar-refractivity contribution is -0.137. The minimum atomic E-state index is -4.53. The molecular formula is C20H24F3N3O4. The third kappa shape index (κ3) is 5.59. The number of halogens is 3. The first-order chi connectivity index (χ1) is 14.4. The Kier molecular flexibility index (Phi) is 7.46. The van der Waals surface area contributed by atoms with Gasteiger partial charge in [0.2, 0.25) is 0 Å². The molecule has 1 saturated heterocycles. The number of alkyl halides is 3. The standard InChI is InChI=1S/C20H24F3N3O4/c1-28-14-30-18-11-15(20(21,22)23)3-4-16(18)17-12-24-13-26(19(17)27)7-6-25-5-2-9-29-10-8-25/h3-4,11-13H,2,5-10,14H2,1H3. The van der Waals surface area contributed by atoms with E-state index in [9.17, 15) is 18.0 Å². The van der Waals surface area contributed by atoms with E-state index < -0.39 is 11.7 Å². The predicted molar refractivity (Wildman–Crippen MR) is 103 cm³/mol. The third-order valence-electron chi connectivity index (χ3n) is 4.80. The van der Waals surface area contributed by atoms with Gasteiger partial charge in [-0.3, -0.25) is 14.3 Å². The molecule has 1 aromatic carbocycles. The molecule has 3 rings (SSSR count). The van der Waals surface area contributed by atoms with E-state index >= 15 is 0 Å². The molecule has 0 N–H and O–H groups in total. The Bertz CT molecular complexity index is 894. The zero-order valence-corrected chi connectivity index (χ0v) is 16.7. The Balaban J connectivity index is 1.87. The smallest absolute Gasteiger partial charge is 0.416 e. The maximum Gasteiger partial charge on any atom is 0.416 e. The average molecular weight is 427 g/mol. The molecule has 0 radical (unpaired) electrons. The highest BCUT2D eigenvalue weighted by atomic mass is 19.4. The van der Waals surface area contributed by atoms with E-state index in [0.717, 1.165) is 38.2 Å². The van der Waals surface area contributed by atoms with Gasteiger partial charge in [0.15, 0.2) is 6.79 Å². The van der Waals surface area contributed by atoms with Gasteiger partial charge in [-0.2, -0.15) is 13.2 Å². The zero-order valence-electron chi connectivity index (χ0n) is 16.7. The van der Waals surface area contributed by atoms with Crippen molar-refractivity contribution < 1.29 is 27.4 Å². The highest BCUT2D eigenvalue weighted by Gasteiger charge is 2.31. The van der Waals surface area contributed by atoms with E-state index in [1.165, 1.54) is 30.3 Å². The first-order valence-electron chi connectivity index (χ1n) is 9.58. The Hall–Kier alpha value is -2.43. The largest absolute Gasteiger partial charge is 0.467 e. The summed E-state index contributed by atoms with van der Waals surface area (Å²) in [5.74, 6) is -0.0898. The lowest BCUT2D eigenvalue weighted by Gasteiger charge is -2.19. The summed E-state index contributed by atoms with van der Waals surface area (Å²) in [6.45, 7) is 3.86. The number of hydrogen-bond donors (Lipinski definition) is 0. The molecule has 10 heteroatoms. The molecule has 7 nitrogen and oxygen atoms in total. The molecule has 0 saturated carbocycles. The van der Waals surface area contributed by atoms with Gasteiger partial charge in [-0.15, -0.1) is 0 Å². The van der Waals surface area contributed by atoms with Crippen molar-refractivity contribution in [1.29, 1.82) is 0 Å². The molecule has 1 aliphatic rings. The highest BCUT2D eigenvalue weighted by Crippen LogP contribution is 2.36. The van der Waals surface area contributed by atoms with Crippen LogP contribution in [-0.4, -0.2) is 61.2 Å². The maximum absolute atomic E-state index is 13.1. The van der Waals surface area contributed by atoms with Gasteiger partial charge >= 0.3 is 6.18 Å². The monoisotopic (exact) mass is 427 g/mol. The summed E-state index contributed by atoms with van der Waals surface area (Å²) < 4.78 is 56.3. The predicted octanol–water partition coefficient (Wildman–Crippen LogP) is 2.63. The number of benzene rings is 1. The fraction of sp³-hybridized carbons (Fsp3) is 0.500. The second-order valence-corrected chi connectivity index (χ2v) is 6.87. The van der Waals surface area contributed by atoms with Crippen LogP contribution in [0.4, 0.5) is 13.2 Å². The molecule has 2 aromatic rings.